The van der Waals surface area contributed by atoms with Gasteiger partial charge in [-0.2, -0.15) is 0 Å². The van der Waals surface area contributed by atoms with Crippen LogP contribution in [0.5, 0.6) is 5.75 Å². The van der Waals surface area contributed by atoms with Crippen molar-refractivity contribution in [1.82, 2.24) is 0 Å². The van der Waals surface area contributed by atoms with Gasteiger partial charge < -0.3 is 10.8 Å². The van der Waals surface area contributed by atoms with Crippen LogP contribution in [0, 0.1) is 6.92 Å². The highest BCUT2D eigenvalue weighted by Crippen LogP contribution is 2.27. The van der Waals surface area contributed by atoms with E-state index in [0.717, 1.165) is 11.1 Å². The van der Waals surface area contributed by atoms with Gasteiger partial charge in [-0.3, -0.25) is 0 Å². The smallest absolute Gasteiger partial charge is 0.120 e. The fourth-order valence-electron chi connectivity index (χ4n) is 1.79. The van der Waals surface area contributed by atoms with Crippen LogP contribution >= 0.6 is 0 Å². The van der Waals surface area contributed by atoms with Gasteiger partial charge in [-0.05, 0) is 18.6 Å². The Labute approximate surface area is 95.4 Å². The summed E-state index contributed by atoms with van der Waals surface area (Å²) >= 11 is 0. The van der Waals surface area contributed by atoms with E-state index >= 15 is 0 Å². The van der Waals surface area contributed by atoms with E-state index in [1.54, 1.807) is 12.1 Å². The normalized spacial score (nSPS) is 12.4. The summed E-state index contributed by atoms with van der Waals surface area (Å²) in [6, 6.07) is 14.9. The van der Waals surface area contributed by atoms with Gasteiger partial charge in [-0.15, -0.1) is 0 Å². The first-order valence-corrected chi connectivity index (χ1v) is 5.28. The van der Waals surface area contributed by atoms with Gasteiger partial charge in [0.05, 0.1) is 6.04 Å². The van der Waals surface area contributed by atoms with Crippen molar-refractivity contribution in [3.63, 3.8) is 0 Å². The molecular formula is C14H15NO. The molecule has 0 radical (unpaired) electrons. The quantitative estimate of drug-likeness (QED) is 0.805. The monoisotopic (exact) mass is 213 g/mol. The lowest BCUT2D eigenvalue weighted by Crippen LogP contribution is -2.11. The summed E-state index contributed by atoms with van der Waals surface area (Å²) in [4.78, 5) is 0. The zero-order valence-corrected chi connectivity index (χ0v) is 9.22. The van der Waals surface area contributed by atoms with Gasteiger partial charge in [0, 0.05) is 5.56 Å². The Bertz CT molecular complexity index is 494. The molecular weight excluding hydrogens is 198 g/mol. The number of para-hydroxylation sites is 1. The van der Waals surface area contributed by atoms with Crippen LogP contribution < -0.4 is 5.73 Å². The molecule has 16 heavy (non-hydrogen) atoms. The van der Waals surface area contributed by atoms with Gasteiger partial charge in [-0.1, -0.05) is 48.0 Å². The molecule has 0 aliphatic rings. The van der Waals surface area contributed by atoms with E-state index in [0.29, 0.717) is 0 Å². The number of rotatable bonds is 2. The van der Waals surface area contributed by atoms with Crippen molar-refractivity contribution >= 4 is 0 Å². The lowest BCUT2D eigenvalue weighted by molar-refractivity contribution is 0.465. The summed E-state index contributed by atoms with van der Waals surface area (Å²) in [5.41, 5.74) is 9.07. The molecule has 0 amide bonds. The Hall–Kier alpha value is -1.80. The van der Waals surface area contributed by atoms with Crippen LogP contribution in [-0.4, -0.2) is 5.11 Å². The molecule has 2 nitrogen and oxygen atoms in total. The first kappa shape index (κ1) is 10.7. The molecule has 82 valence electrons. The van der Waals surface area contributed by atoms with Crippen LogP contribution in [0.25, 0.3) is 0 Å². The largest absolute Gasteiger partial charge is 0.508 e. The lowest BCUT2D eigenvalue weighted by atomic mass is 9.97. The van der Waals surface area contributed by atoms with Crippen molar-refractivity contribution in [3.8, 4) is 5.75 Å². The Morgan fingerprint density at radius 2 is 1.81 bits per heavy atom. The molecule has 1 atom stereocenters. The van der Waals surface area contributed by atoms with E-state index in [4.69, 9.17) is 5.73 Å². The van der Waals surface area contributed by atoms with E-state index in [2.05, 4.69) is 0 Å². The van der Waals surface area contributed by atoms with Crippen molar-refractivity contribution in [2.75, 3.05) is 0 Å². The molecule has 0 spiro atoms. The zero-order chi connectivity index (χ0) is 11.5. The van der Waals surface area contributed by atoms with Gasteiger partial charge in [0.1, 0.15) is 5.75 Å². The number of phenols is 1. The maximum Gasteiger partial charge on any atom is 0.120 e. The van der Waals surface area contributed by atoms with Crippen LogP contribution in [0.15, 0.2) is 48.5 Å². The maximum atomic E-state index is 9.73. The highest BCUT2D eigenvalue weighted by Gasteiger charge is 2.12. The van der Waals surface area contributed by atoms with E-state index in [1.807, 2.05) is 43.3 Å². The lowest BCUT2D eigenvalue weighted by Gasteiger charge is -2.14. The van der Waals surface area contributed by atoms with Gasteiger partial charge >= 0.3 is 0 Å². The standard InChI is InChI=1S/C14H15NO/c1-10-5-4-6-11(9-10)14(15)12-7-2-3-8-13(12)16/h2-9,14,16H,15H2,1H3/t14-/m0/s1. The molecule has 3 N–H and O–H groups in total. The third-order valence-corrected chi connectivity index (χ3v) is 2.67. The highest BCUT2D eigenvalue weighted by atomic mass is 16.3. The second-order valence-corrected chi connectivity index (χ2v) is 3.95. The number of aryl methyl sites for hydroxylation is 1. The molecule has 2 heteroatoms. The van der Waals surface area contributed by atoms with E-state index in [1.165, 1.54) is 5.56 Å². The third kappa shape index (κ3) is 2.07. The number of phenolic OH excluding ortho intramolecular Hbond substituents is 1. The Kier molecular flexibility index (Phi) is 2.93. The first-order chi connectivity index (χ1) is 7.68. The van der Waals surface area contributed by atoms with E-state index < -0.39 is 0 Å². The van der Waals surface area contributed by atoms with Crippen molar-refractivity contribution in [2.24, 2.45) is 5.73 Å². The second-order valence-electron chi connectivity index (χ2n) is 3.95. The fourth-order valence-corrected chi connectivity index (χ4v) is 1.79. The van der Waals surface area contributed by atoms with Crippen molar-refractivity contribution in [2.45, 2.75) is 13.0 Å². The van der Waals surface area contributed by atoms with Gasteiger partial charge in [0.2, 0.25) is 0 Å². The summed E-state index contributed by atoms with van der Waals surface area (Å²) in [6.45, 7) is 2.03. The van der Waals surface area contributed by atoms with Crippen molar-refractivity contribution in [1.29, 1.82) is 0 Å². The molecule has 0 unspecified atom stereocenters. The molecule has 0 aliphatic carbocycles. The first-order valence-electron chi connectivity index (χ1n) is 5.28. The van der Waals surface area contributed by atoms with E-state index in [9.17, 15) is 5.11 Å². The maximum absolute atomic E-state index is 9.73. The Morgan fingerprint density at radius 1 is 1.06 bits per heavy atom. The average Bonchev–Trinajstić information content (AvgIpc) is 2.29. The molecule has 0 heterocycles. The third-order valence-electron chi connectivity index (χ3n) is 2.67. The average molecular weight is 213 g/mol. The SMILES string of the molecule is Cc1cccc([C@H](N)c2ccccc2O)c1. The topological polar surface area (TPSA) is 46.2 Å². The van der Waals surface area contributed by atoms with Gasteiger partial charge in [-0.25, -0.2) is 0 Å². The van der Waals surface area contributed by atoms with Crippen LogP contribution in [-0.2, 0) is 0 Å². The molecule has 0 fully saturated rings. The molecule has 2 rings (SSSR count). The molecule has 0 saturated carbocycles. The molecule has 2 aromatic rings. The summed E-state index contributed by atoms with van der Waals surface area (Å²) in [5, 5.41) is 9.73. The van der Waals surface area contributed by atoms with Crippen LogP contribution in [0.1, 0.15) is 22.7 Å². The second kappa shape index (κ2) is 4.37. The Balaban J connectivity index is 2.39. The number of aromatic hydroxyl groups is 1. The number of nitrogens with two attached hydrogens (primary N) is 1. The van der Waals surface area contributed by atoms with Crippen molar-refractivity contribution < 1.29 is 5.11 Å². The zero-order valence-electron chi connectivity index (χ0n) is 9.22. The summed E-state index contributed by atoms with van der Waals surface area (Å²) in [6.07, 6.45) is 0. The van der Waals surface area contributed by atoms with Crippen LogP contribution in [0.2, 0.25) is 0 Å². The fraction of sp³-hybridized carbons (Fsp3) is 0.143. The van der Waals surface area contributed by atoms with Gasteiger partial charge in [0.25, 0.3) is 0 Å². The highest BCUT2D eigenvalue weighted by molar-refractivity contribution is 5.41. The minimum atomic E-state index is -0.277. The van der Waals surface area contributed by atoms with E-state index in [-0.39, 0.29) is 11.8 Å². The summed E-state index contributed by atoms with van der Waals surface area (Å²) < 4.78 is 0. The predicted octanol–water partition coefficient (Wildman–Crippen LogP) is 2.75. The van der Waals surface area contributed by atoms with Crippen molar-refractivity contribution in [3.05, 3.63) is 65.2 Å². The minimum absolute atomic E-state index is 0.247. The predicted molar refractivity (Wildman–Crippen MR) is 65.3 cm³/mol. The molecule has 0 aromatic heterocycles. The number of hydrogen-bond donors (Lipinski definition) is 2. The Morgan fingerprint density at radius 3 is 2.50 bits per heavy atom. The summed E-state index contributed by atoms with van der Waals surface area (Å²) in [5.74, 6) is 0.247. The van der Waals surface area contributed by atoms with Gasteiger partial charge in [0.15, 0.2) is 0 Å². The number of hydrogen-bond acceptors (Lipinski definition) is 2. The van der Waals surface area contributed by atoms with Crippen LogP contribution in [0.4, 0.5) is 0 Å². The number of benzene rings is 2. The molecule has 0 aliphatic heterocycles. The molecule has 0 saturated heterocycles. The summed E-state index contributed by atoms with van der Waals surface area (Å²) in [7, 11) is 0. The molecule has 2 aromatic carbocycles. The minimum Gasteiger partial charge on any atom is -0.508 e. The molecule has 0 bridgehead atoms. The van der Waals surface area contributed by atoms with Crippen LogP contribution in [0.3, 0.4) is 0 Å².